The molecule has 1 aliphatic rings. The molecular weight excluding hydrogens is 336 g/mol. The number of anilines is 1. The van der Waals surface area contributed by atoms with Crippen LogP contribution < -0.4 is 5.32 Å². The largest absolute Gasteiger partial charge is 0.322 e. The molecule has 2 aromatic rings. The Morgan fingerprint density at radius 3 is 2.64 bits per heavy atom. The minimum Gasteiger partial charge on any atom is -0.321 e. The van der Waals surface area contributed by atoms with Crippen molar-refractivity contribution >= 4 is 21.6 Å². The third-order valence-corrected chi connectivity index (χ3v) is 6.24. The van der Waals surface area contributed by atoms with Gasteiger partial charge in [0.25, 0.3) is 0 Å². The van der Waals surface area contributed by atoms with E-state index in [4.69, 9.17) is 0 Å². The highest BCUT2D eigenvalue weighted by atomic mass is 32.2. The Balaban J connectivity index is 1.71. The van der Waals surface area contributed by atoms with E-state index in [1.165, 1.54) is 0 Å². The van der Waals surface area contributed by atoms with Gasteiger partial charge in [-0.2, -0.15) is 0 Å². The third kappa shape index (κ3) is 4.20. The Morgan fingerprint density at radius 1 is 1.16 bits per heavy atom. The van der Waals surface area contributed by atoms with Gasteiger partial charge in [-0.05, 0) is 49.6 Å². The fourth-order valence-corrected chi connectivity index (χ4v) is 4.79. The van der Waals surface area contributed by atoms with Gasteiger partial charge in [-0.25, -0.2) is 13.2 Å². The number of hydrogen-bond donors (Lipinski definition) is 1. The number of carbonyl (C=O) groups excluding carboxylic acids is 1. The van der Waals surface area contributed by atoms with Gasteiger partial charge in [0.1, 0.15) is 0 Å². The summed E-state index contributed by atoms with van der Waals surface area (Å²) in [6, 6.07) is 15.4. The van der Waals surface area contributed by atoms with Crippen LogP contribution in [0.4, 0.5) is 10.5 Å². The van der Waals surface area contributed by atoms with Crippen molar-refractivity contribution in [2.45, 2.75) is 30.7 Å². The number of nitrogens with zero attached hydrogens (tertiary/aromatic N) is 1. The quantitative estimate of drug-likeness (QED) is 0.910. The second kappa shape index (κ2) is 7.27. The van der Waals surface area contributed by atoms with Crippen LogP contribution in [0.2, 0.25) is 0 Å². The number of rotatable bonds is 4. The number of aryl methyl sites for hydroxylation is 1. The van der Waals surface area contributed by atoms with Crippen LogP contribution in [0.25, 0.3) is 0 Å². The Morgan fingerprint density at radius 2 is 1.92 bits per heavy atom. The summed E-state index contributed by atoms with van der Waals surface area (Å²) in [5.41, 5.74) is 1.78. The van der Waals surface area contributed by atoms with E-state index < -0.39 is 9.84 Å². The predicted molar refractivity (Wildman–Crippen MR) is 98.4 cm³/mol. The Bertz CT molecular complexity index is 850. The molecule has 0 radical (unpaired) electrons. The third-order valence-electron chi connectivity index (χ3n) is 4.42. The molecule has 3 rings (SSSR count). The molecule has 5 nitrogen and oxygen atoms in total. The summed E-state index contributed by atoms with van der Waals surface area (Å²) in [4.78, 5) is 14.5. The molecule has 6 heteroatoms. The van der Waals surface area contributed by atoms with Gasteiger partial charge in [-0.1, -0.05) is 30.3 Å². The zero-order valence-electron chi connectivity index (χ0n) is 14.2. The second-order valence-corrected chi connectivity index (χ2v) is 8.42. The first-order chi connectivity index (χ1) is 12.0. The minimum atomic E-state index is -3.41. The molecule has 1 N–H and O–H groups in total. The fraction of sp³-hybridized carbons (Fsp3) is 0.316. The van der Waals surface area contributed by atoms with Gasteiger partial charge in [0.05, 0.1) is 10.6 Å². The van der Waals surface area contributed by atoms with Crippen LogP contribution in [0.5, 0.6) is 0 Å². The van der Waals surface area contributed by atoms with Crippen molar-refractivity contribution in [1.29, 1.82) is 0 Å². The molecule has 1 aliphatic heterocycles. The van der Waals surface area contributed by atoms with Crippen molar-refractivity contribution in [3.8, 4) is 0 Å². The highest BCUT2D eigenvalue weighted by Gasteiger charge is 2.33. The molecular formula is C19H22N2O3S. The van der Waals surface area contributed by atoms with Gasteiger partial charge in [-0.15, -0.1) is 0 Å². The smallest absolute Gasteiger partial charge is 0.321 e. The van der Waals surface area contributed by atoms with Gasteiger partial charge >= 0.3 is 6.03 Å². The second-order valence-electron chi connectivity index (χ2n) is 6.38. The normalized spacial score (nSPS) is 17.5. The summed E-state index contributed by atoms with van der Waals surface area (Å²) in [7, 11) is -3.41. The fourth-order valence-electron chi connectivity index (χ4n) is 3.17. The molecule has 1 fully saturated rings. The molecule has 132 valence electrons. The SMILES string of the molecule is Cc1cccc(NC(=O)N2CCCC2CS(=O)(=O)c2ccccc2)c1. The molecule has 2 aromatic carbocycles. The lowest BCUT2D eigenvalue weighted by atomic mass is 10.2. The molecule has 2 amide bonds. The van der Waals surface area contributed by atoms with E-state index >= 15 is 0 Å². The topological polar surface area (TPSA) is 66.5 Å². The number of nitrogens with one attached hydrogen (secondary N) is 1. The monoisotopic (exact) mass is 358 g/mol. The standard InChI is InChI=1S/C19H22N2O3S/c1-15-7-5-8-16(13-15)20-19(22)21-12-6-9-17(21)14-25(23,24)18-10-3-2-4-11-18/h2-5,7-8,10-11,13,17H,6,9,12,14H2,1H3,(H,20,22). The van der Waals surface area contributed by atoms with E-state index in [1.54, 1.807) is 35.2 Å². The number of benzene rings is 2. The van der Waals surface area contributed by atoms with Crippen molar-refractivity contribution in [3.63, 3.8) is 0 Å². The van der Waals surface area contributed by atoms with Crippen LogP contribution in [0, 0.1) is 6.92 Å². The molecule has 0 spiro atoms. The Hall–Kier alpha value is -2.34. The van der Waals surface area contributed by atoms with E-state index in [0.29, 0.717) is 17.9 Å². The number of sulfone groups is 1. The summed E-state index contributed by atoms with van der Waals surface area (Å²) in [6.07, 6.45) is 1.52. The van der Waals surface area contributed by atoms with Crippen LogP contribution in [0.3, 0.4) is 0 Å². The highest BCUT2D eigenvalue weighted by molar-refractivity contribution is 7.91. The van der Waals surface area contributed by atoms with Crippen LogP contribution in [0.15, 0.2) is 59.5 Å². The summed E-state index contributed by atoms with van der Waals surface area (Å²) >= 11 is 0. The van der Waals surface area contributed by atoms with Crippen LogP contribution in [-0.4, -0.2) is 37.7 Å². The number of likely N-dealkylation sites (tertiary alicyclic amines) is 1. The Labute approximate surface area is 148 Å². The van der Waals surface area contributed by atoms with E-state index in [-0.39, 0.29) is 17.8 Å². The van der Waals surface area contributed by atoms with Gasteiger partial charge in [0, 0.05) is 18.3 Å². The molecule has 1 heterocycles. The first-order valence-electron chi connectivity index (χ1n) is 8.38. The van der Waals surface area contributed by atoms with E-state index in [0.717, 1.165) is 17.7 Å². The van der Waals surface area contributed by atoms with Crippen LogP contribution in [0.1, 0.15) is 18.4 Å². The zero-order chi connectivity index (χ0) is 17.9. The minimum absolute atomic E-state index is 0.0434. The molecule has 1 unspecified atom stereocenters. The average Bonchev–Trinajstić information content (AvgIpc) is 3.03. The van der Waals surface area contributed by atoms with E-state index in [2.05, 4.69) is 5.32 Å². The van der Waals surface area contributed by atoms with Gasteiger partial charge < -0.3 is 10.2 Å². The lowest BCUT2D eigenvalue weighted by molar-refractivity contribution is 0.210. The average molecular weight is 358 g/mol. The Kier molecular flexibility index (Phi) is 5.08. The predicted octanol–water partition coefficient (Wildman–Crippen LogP) is 3.47. The van der Waals surface area contributed by atoms with Crippen molar-refractivity contribution in [2.24, 2.45) is 0 Å². The molecule has 1 saturated heterocycles. The van der Waals surface area contributed by atoms with Crippen molar-refractivity contribution in [2.75, 3.05) is 17.6 Å². The molecule has 25 heavy (non-hydrogen) atoms. The maximum Gasteiger partial charge on any atom is 0.322 e. The summed E-state index contributed by atoms with van der Waals surface area (Å²) in [5, 5.41) is 2.87. The number of amides is 2. The van der Waals surface area contributed by atoms with Gasteiger partial charge in [0.2, 0.25) is 0 Å². The first-order valence-corrected chi connectivity index (χ1v) is 10.0. The van der Waals surface area contributed by atoms with E-state index in [9.17, 15) is 13.2 Å². The molecule has 0 bridgehead atoms. The molecule has 0 aliphatic carbocycles. The van der Waals surface area contributed by atoms with Gasteiger partial charge in [0.15, 0.2) is 9.84 Å². The lowest BCUT2D eigenvalue weighted by Gasteiger charge is -2.25. The molecule has 0 saturated carbocycles. The van der Waals surface area contributed by atoms with Crippen molar-refractivity contribution < 1.29 is 13.2 Å². The van der Waals surface area contributed by atoms with Crippen molar-refractivity contribution in [3.05, 3.63) is 60.2 Å². The van der Waals surface area contributed by atoms with Crippen LogP contribution >= 0.6 is 0 Å². The summed E-state index contributed by atoms with van der Waals surface area (Å²) in [5.74, 6) is -0.0434. The van der Waals surface area contributed by atoms with E-state index in [1.807, 2.05) is 31.2 Å². The summed E-state index contributed by atoms with van der Waals surface area (Å²) < 4.78 is 25.2. The van der Waals surface area contributed by atoms with Crippen molar-refractivity contribution in [1.82, 2.24) is 4.90 Å². The molecule has 0 aromatic heterocycles. The lowest BCUT2D eigenvalue weighted by Crippen LogP contribution is -2.42. The number of hydrogen-bond acceptors (Lipinski definition) is 3. The first kappa shape index (κ1) is 17.5. The summed E-state index contributed by atoms with van der Waals surface area (Å²) in [6.45, 7) is 2.54. The molecule has 1 atom stereocenters. The van der Waals surface area contributed by atoms with Gasteiger partial charge in [-0.3, -0.25) is 0 Å². The number of urea groups is 1. The zero-order valence-corrected chi connectivity index (χ0v) is 15.0. The number of carbonyl (C=O) groups is 1. The maximum absolute atomic E-state index is 12.6. The van der Waals surface area contributed by atoms with Crippen LogP contribution in [-0.2, 0) is 9.84 Å². The highest BCUT2D eigenvalue weighted by Crippen LogP contribution is 2.23. The maximum atomic E-state index is 12.6.